The van der Waals surface area contributed by atoms with E-state index in [0.29, 0.717) is 31.9 Å². The van der Waals surface area contributed by atoms with Crippen LogP contribution in [-0.2, 0) is 0 Å². The van der Waals surface area contributed by atoms with Crippen LogP contribution in [0.15, 0.2) is 47.5 Å². The molecule has 0 aromatic carbocycles. The molecule has 2 saturated heterocycles. The molecule has 0 radical (unpaired) electrons. The largest absolute Gasteiger partial charge is 0.355 e. The van der Waals surface area contributed by atoms with E-state index in [1.54, 1.807) is 45.2 Å². The second-order valence-corrected chi connectivity index (χ2v) is 6.74. The zero-order valence-corrected chi connectivity index (χ0v) is 14.9. The molecular weight excluding hydrogens is 362 g/mol. The maximum atomic E-state index is 12.6. The Morgan fingerprint density at radius 1 is 1.29 bits per heavy atom. The molecule has 0 spiro atoms. The number of hydrogen-bond donors (Lipinski definition) is 1. The van der Waals surface area contributed by atoms with Gasteiger partial charge in [0.05, 0.1) is 17.9 Å². The number of carbonyl (C=O) groups is 2. The van der Waals surface area contributed by atoms with Crippen molar-refractivity contribution in [1.29, 1.82) is 0 Å². The van der Waals surface area contributed by atoms with E-state index in [0.717, 1.165) is 11.3 Å². The molecule has 0 saturated carbocycles. The van der Waals surface area contributed by atoms with Crippen LogP contribution < -0.4 is 10.2 Å². The van der Waals surface area contributed by atoms with Crippen molar-refractivity contribution in [3.63, 3.8) is 0 Å². The van der Waals surface area contributed by atoms with E-state index < -0.39 is 0 Å². The average molecular weight is 379 g/mol. The van der Waals surface area contributed by atoms with E-state index in [4.69, 9.17) is 4.52 Å². The minimum Gasteiger partial charge on any atom is -0.355 e. The predicted molar refractivity (Wildman–Crippen MR) is 97.6 cm³/mol. The molecule has 0 atom stereocenters. The first kappa shape index (κ1) is 16.5. The first-order chi connectivity index (χ1) is 13.7. The molecule has 10 nitrogen and oxygen atoms in total. The van der Waals surface area contributed by atoms with Crippen LogP contribution in [-0.4, -0.2) is 62.9 Å². The van der Waals surface area contributed by atoms with Crippen LogP contribution in [0.25, 0.3) is 11.3 Å². The van der Waals surface area contributed by atoms with Gasteiger partial charge in [-0.25, -0.2) is 4.79 Å². The Labute approximate surface area is 159 Å². The number of nitrogens with zero attached hydrogens (tertiary/aromatic N) is 6. The standard InChI is InChI=1S/C18H17N7O3/c26-17(15-6-16(28-22-15)12-2-1-3-19-7-12)23-9-14(10-23)25-11-13(8-21-25)24-5-4-20-18(24)27/h1-3,6-8,11,14H,4-5,9-10H2,(H,20,27). The number of anilines is 1. The second kappa shape index (κ2) is 6.48. The summed E-state index contributed by atoms with van der Waals surface area (Å²) in [6, 6.07) is 5.24. The van der Waals surface area contributed by atoms with Crippen molar-refractivity contribution >= 4 is 17.6 Å². The van der Waals surface area contributed by atoms with Crippen molar-refractivity contribution in [2.45, 2.75) is 6.04 Å². The maximum Gasteiger partial charge on any atom is 0.322 e. The highest BCUT2D eigenvalue weighted by molar-refractivity contribution is 5.94. The highest BCUT2D eigenvalue weighted by atomic mass is 16.5. The lowest BCUT2D eigenvalue weighted by atomic mass is 10.1. The zero-order chi connectivity index (χ0) is 19.1. The molecule has 0 bridgehead atoms. The minimum atomic E-state index is -0.179. The Hall–Kier alpha value is -3.69. The van der Waals surface area contributed by atoms with Crippen molar-refractivity contribution in [3.8, 4) is 11.3 Å². The number of carbonyl (C=O) groups excluding carboxylic acids is 2. The molecule has 1 N–H and O–H groups in total. The fourth-order valence-electron chi connectivity index (χ4n) is 3.36. The summed E-state index contributed by atoms with van der Waals surface area (Å²) in [5, 5.41) is 11.0. The molecule has 3 aromatic rings. The van der Waals surface area contributed by atoms with Crippen LogP contribution in [0.4, 0.5) is 10.5 Å². The highest BCUT2D eigenvalue weighted by Gasteiger charge is 2.35. The van der Waals surface area contributed by atoms with E-state index in [1.807, 2.05) is 12.3 Å². The first-order valence-electron chi connectivity index (χ1n) is 8.95. The Bertz CT molecular complexity index is 1020. The fraction of sp³-hybridized carbons (Fsp3) is 0.278. The van der Waals surface area contributed by atoms with Gasteiger partial charge in [0, 0.05) is 56.4 Å². The fourth-order valence-corrected chi connectivity index (χ4v) is 3.36. The molecule has 3 amide bonds. The molecule has 142 valence electrons. The molecule has 2 fully saturated rings. The third kappa shape index (κ3) is 2.79. The normalized spacial score (nSPS) is 16.9. The molecule has 10 heteroatoms. The molecule has 0 aliphatic carbocycles. The van der Waals surface area contributed by atoms with Crippen molar-refractivity contribution in [2.75, 3.05) is 31.1 Å². The monoisotopic (exact) mass is 379 g/mol. The van der Waals surface area contributed by atoms with E-state index in [2.05, 4.69) is 20.6 Å². The Kier molecular flexibility index (Phi) is 3.81. The van der Waals surface area contributed by atoms with Crippen molar-refractivity contribution in [2.24, 2.45) is 0 Å². The lowest BCUT2D eigenvalue weighted by Crippen LogP contribution is -2.51. The molecule has 2 aliphatic heterocycles. The van der Waals surface area contributed by atoms with Gasteiger partial charge in [-0.15, -0.1) is 0 Å². The van der Waals surface area contributed by atoms with Crippen LogP contribution in [0.3, 0.4) is 0 Å². The van der Waals surface area contributed by atoms with Gasteiger partial charge < -0.3 is 14.7 Å². The van der Waals surface area contributed by atoms with Gasteiger partial charge in [-0.2, -0.15) is 5.10 Å². The number of amides is 3. The number of urea groups is 1. The van der Waals surface area contributed by atoms with Gasteiger partial charge in [0.25, 0.3) is 5.91 Å². The smallest absolute Gasteiger partial charge is 0.322 e. The van der Waals surface area contributed by atoms with E-state index >= 15 is 0 Å². The van der Waals surface area contributed by atoms with Crippen molar-refractivity contribution in [3.05, 3.63) is 48.7 Å². The summed E-state index contributed by atoms with van der Waals surface area (Å²) < 4.78 is 7.07. The number of pyridine rings is 1. The van der Waals surface area contributed by atoms with Gasteiger partial charge in [0.2, 0.25) is 0 Å². The van der Waals surface area contributed by atoms with Gasteiger partial charge >= 0.3 is 6.03 Å². The molecular formula is C18H17N7O3. The third-order valence-corrected chi connectivity index (χ3v) is 4.96. The lowest BCUT2D eigenvalue weighted by molar-refractivity contribution is 0.0491. The molecule has 2 aliphatic rings. The summed E-state index contributed by atoms with van der Waals surface area (Å²) in [4.78, 5) is 31.7. The van der Waals surface area contributed by atoms with E-state index in [-0.39, 0.29) is 23.7 Å². The maximum absolute atomic E-state index is 12.6. The molecule has 5 heterocycles. The van der Waals surface area contributed by atoms with Crippen molar-refractivity contribution in [1.82, 2.24) is 30.1 Å². The second-order valence-electron chi connectivity index (χ2n) is 6.74. The number of nitrogens with one attached hydrogen (secondary N) is 1. The first-order valence-corrected chi connectivity index (χ1v) is 8.95. The SMILES string of the molecule is O=C(c1cc(-c2cccnc2)on1)N1CC(n2cc(N3CCNC3=O)cn2)C1. The summed E-state index contributed by atoms with van der Waals surface area (Å²) in [7, 11) is 0. The van der Waals surface area contributed by atoms with Crippen LogP contribution >= 0.6 is 0 Å². The number of hydrogen-bond acceptors (Lipinski definition) is 6. The quantitative estimate of drug-likeness (QED) is 0.729. The summed E-state index contributed by atoms with van der Waals surface area (Å²) >= 11 is 0. The number of rotatable bonds is 4. The minimum absolute atomic E-state index is 0.0769. The molecule has 28 heavy (non-hydrogen) atoms. The number of aromatic nitrogens is 4. The molecule has 0 unspecified atom stereocenters. The summed E-state index contributed by atoms with van der Waals surface area (Å²) in [6.45, 7) is 2.32. The lowest BCUT2D eigenvalue weighted by Gasteiger charge is -2.38. The topological polar surface area (TPSA) is 109 Å². The van der Waals surface area contributed by atoms with Gasteiger partial charge in [-0.1, -0.05) is 5.16 Å². The predicted octanol–water partition coefficient (Wildman–Crippen LogP) is 1.16. The van der Waals surface area contributed by atoms with Gasteiger partial charge in [0.1, 0.15) is 0 Å². The Balaban J connectivity index is 1.23. The summed E-state index contributed by atoms with van der Waals surface area (Å²) in [6.07, 6.45) is 6.84. The Morgan fingerprint density at radius 2 is 2.18 bits per heavy atom. The Morgan fingerprint density at radius 3 is 2.93 bits per heavy atom. The third-order valence-electron chi connectivity index (χ3n) is 4.96. The van der Waals surface area contributed by atoms with Crippen molar-refractivity contribution < 1.29 is 14.1 Å². The van der Waals surface area contributed by atoms with E-state index in [1.165, 1.54) is 0 Å². The zero-order valence-electron chi connectivity index (χ0n) is 14.9. The van der Waals surface area contributed by atoms with Gasteiger partial charge in [-0.05, 0) is 12.1 Å². The van der Waals surface area contributed by atoms with Gasteiger partial charge in [-0.3, -0.25) is 19.4 Å². The van der Waals surface area contributed by atoms with Crippen LogP contribution in [0, 0.1) is 0 Å². The molecule has 5 rings (SSSR count). The number of likely N-dealkylation sites (tertiary alicyclic amines) is 1. The van der Waals surface area contributed by atoms with Crippen LogP contribution in [0.2, 0.25) is 0 Å². The average Bonchev–Trinajstić information content (AvgIpc) is 3.41. The highest BCUT2D eigenvalue weighted by Crippen LogP contribution is 2.26. The van der Waals surface area contributed by atoms with Crippen LogP contribution in [0.1, 0.15) is 16.5 Å². The summed E-state index contributed by atoms with van der Waals surface area (Å²) in [5.41, 5.74) is 1.80. The molecule has 3 aromatic heterocycles. The van der Waals surface area contributed by atoms with Crippen LogP contribution in [0.5, 0.6) is 0 Å². The summed E-state index contributed by atoms with van der Waals surface area (Å²) in [5.74, 6) is 0.329. The van der Waals surface area contributed by atoms with E-state index in [9.17, 15) is 9.59 Å². The van der Waals surface area contributed by atoms with Gasteiger partial charge in [0.15, 0.2) is 11.5 Å².